The van der Waals surface area contributed by atoms with Crippen LogP contribution in [0.5, 0.6) is 0 Å². The number of rotatable bonds is 4. The van der Waals surface area contributed by atoms with Crippen molar-refractivity contribution in [2.75, 3.05) is 5.32 Å². The molecule has 0 amide bonds. The van der Waals surface area contributed by atoms with Gasteiger partial charge in [-0.3, -0.25) is 0 Å². The van der Waals surface area contributed by atoms with E-state index in [4.69, 9.17) is 4.74 Å². The van der Waals surface area contributed by atoms with E-state index >= 15 is 4.39 Å². The third-order valence-corrected chi connectivity index (χ3v) is 5.32. The zero-order valence-electron chi connectivity index (χ0n) is 15.8. The van der Waals surface area contributed by atoms with Gasteiger partial charge in [0, 0.05) is 11.1 Å². The number of nitrogens with zero attached hydrogens (tertiary/aromatic N) is 2. The Morgan fingerprint density at radius 2 is 1.93 bits per heavy atom. The van der Waals surface area contributed by atoms with Crippen LogP contribution >= 0.6 is 15.9 Å². The molecule has 0 fully saturated rings. The number of carbonyl (C=O) groups excluding carboxylic acids is 1. The molecule has 3 aromatic carbocycles. The van der Waals surface area contributed by atoms with Crippen molar-refractivity contribution in [2.24, 2.45) is 0 Å². The van der Waals surface area contributed by atoms with Crippen molar-refractivity contribution in [3.63, 3.8) is 0 Å². The van der Waals surface area contributed by atoms with Gasteiger partial charge < -0.3 is 10.1 Å². The van der Waals surface area contributed by atoms with Crippen molar-refractivity contribution in [3.05, 3.63) is 88.0 Å². The molecular formula is C22H16BrF2N3O2. The number of aromatic nitrogens is 2. The summed E-state index contributed by atoms with van der Waals surface area (Å²) in [5.74, 6) is -0.987. The van der Waals surface area contributed by atoms with Crippen LogP contribution in [0.25, 0.3) is 10.9 Å². The lowest BCUT2D eigenvalue weighted by atomic mass is 10.2. The predicted octanol–water partition coefficient (Wildman–Crippen LogP) is 6.31. The van der Waals surface area contributed by atoms with Crippen molar-refractivity contribution in [2.45, 2.75) is 13.5 Å². The molecule has 4 rings (SSSR count). The standard InChI is InChI=1S/C22H16BrF2N3O2/c1-13-9-16(7-8-17(13)24)27-18-10-15-11-26-28(21(15)20(25)19(18)23)22(29)30-12-14-5-3-2-4-6-14/h2-11,27H,12H2,1H3. The summed E-state index contributed by atoms with van der Waals surface area (Å²) in [5.41, 5.74) is 2.30. The highest BCUT2D eigenvalue weighted by molar-refractivity contribution is 9.10. The predicted molar refractivity (Wildman–Crippen MR) is 114 cm³/mol. The number of benzene rings is 3. The maximum atomic E-state index is 15.1. The number of hydrogen-bond donors (Lipinski definition) is 1. The molecule has 0 aliphatic heterocycles. The fraction of sp³-hybridized carbons (Fsp3) is 0.0909. The molecule has 5 nitrogen and oxygen atoms in total. The zero-order valence-corrected chi connectivity index (χ0v) is 17.4. The first-order valence-electron chi connectivity index (χ1n) is 9.04. The third kappa shape index (κ3) is 3.91. The van der Waals surface area contributed by atoms with Gasteiger partial charge >= 0.3 is 6.09 Å². The Labute approximate surface area is 179 Å². The molecule has 1 heterocycles. The molecule has 30 heavy (non-hydrogen) atoms. The molecular weight excluding hydrogens is 456 g/mol. The van der Waals surface area contributed by atoms with E-state index in [1.165, 1.54) is 12.3 Å². The molecule has 152 valence electrons. The van der Waals surface area contributed by atoms with Crippen LogP contribution in [0.2, 0.25) is 0 Å². The fourth-order valence-electron chi connectivity index (χ4n) is 3.02. The van der Waals surface area contributed by atoms with Gasteiger partial charge in [0.15, 0.2) is 5.82 Å². The van der Waals surface area contributed by atoms with Gasteiger partial charge in [0.05, 0.1) is 16.4 Å². The van der Waals surface area contributed by atoms with Gasteiger partial charge in [-0.2, -0.15) is 9.78 Å². The molecule has 4 aromatic rings. The summed E-state index contributed by atoms with van der Waals surface area (Å²) in [5, 5.41) is 7.45. The Morgan fingerprint density at radius 3 is 2.67 bits per heavy atom. The number of aryl methyl sites for hydroxylation is 1. The third-order valence-electron chi connectivity index (χ3n) is 4.55. The number of hydrogen-bond acceptors (Lipinski definition) is 4. The minimum absolute atomic E-state index is 0.000716. The van der Waals surface area contributed by atoms with Crippen LogP contribution in [-0.4, -0.2) is 15.9 Å². The average molecular weight is 472 g/mol. The van der Waals surface area contributed by atoms with Crippen molar-refractivity contribution < 1.29 is 18.3 Å². The van der Waals surface area contributed by atoms with Gasteiger partial charge in [-0.15, -0.1) is 0 Å². The highest BCUT2D eigenvalue weighted by atomic mass is 79.9. The van der Waals surface area contributed by atoms with Crippen LogP contribution in [0.3, 0.4) is 0 Å². The molecule has 0 unspecified atom stereocenters. The molecule has 0 bridgehead atoms. The van der Waals surface area contributed by atoms with Crippen molar-refractivity contribution in [1.29, 1.82) is 0 Å². The van der Waals surface area contributed by atoms with E-state index in [-0.39, 0.29) is 22.4 Å². The zero-order chi connectivity index (χ0) is 21.3. The van der Waals surface area contributed by atoms with Gasteiger partial charge in [0.25, 0.3) is 0 Å². The van der Waals surface area contributed by atoms with Crippen molar-refractivity contribution in [1.82, 2.24) is 9.78 Å². The summed E-state index contributed by atoms with van der Waals surface area (Å²) < 4.78 is 34.9. The highest BCUT2D eigenvalue weighted by Gasteiger charge is 2.20. The second-order valence-electron chi connectivity index (χ2n) is 6.68. The number of ether oxygens (including phenoxy) is 1. The number of carbonyl (C=O) groups is 1. The number of halogens is 3. The smallest absolute Gasteiger partial charge is 0.435 e. The number of nitrogens with one attached hydrogen (secondary N) is 1. The van der Waals surface area contributed by atoms with Crippen molar-refractivity contribution >= 4 is 44.3 Å². The van der Waals surface area contributed by atoms with Crippen LogP contribution < -0.4 is 5.32 Å². The molecule has 0 aliphatic carbocycles. The molecule has 0 saturated heterocycles. The molecule has 1 aromatic heterocycles. The lowest BCUT2D eigenvalue weighted by Gasteiger charge is -2.12. The van der Waals surface area contributed by atoms with Crippen LogP contribution in [0.1, 0.15) is 11.1 Å². The minimum atomic E-state index is -0.783. The van der Waals surface area contributed by atoms with E-state index in [1.54, 1.807) is 25.1 Å². The molecule has 8 heteroatoms. The van der Waals surface area contributed by atoms with Gasteiger partial charge in [0.1, 0.15) is 17.9 Å². The largest absolute Gasteiger partial charge is 0.443 e. The maximum Gasteiger partial charge on any atom is 0.435 e. The summed E-state index contributed by atoms with van der Waals surface area (Å²) in [6.07, 6.45) is 0.602. The van der Waals surface area contributed by atoms with Crippen LogP contribution in [0, 0.1) is 18.6 Å². The minimum Gasteiger partial charge on any atom is -0.443 e. The van der Waals surface area contributed by atoms with Crippen LogP contribution in [0.4, 0.5) is 25.0 Å². The van der Waals surface area contributed by atoms with Gasteiger partial charge in [0.2, 0.25) is 0 Å². The van der Waals surface area contributed by atoms with Gasteiger partial charge in [-0.25, -0.2) is 13.6 Å². The topological polar surface area (TPSA) is 56.2 Å². The summed E-state index contributed by atoms with van der Waals surface area (Å²) >= 11 is 3.23. The van der Waals surface area contributed by atoms with Gasteiger partial charge in [-0.05, 0) is 58.2 Å². The molecule has 0 radical (unpaired) electrons. The maximum absolute atomic E-state index is 15.1. The Kier molecular flexibility index (Phi) is 5.50. The molecule has 0 aliphatic rings. The summed E-state index contributed by atoms with van der Waals surface area (Å²) in [6, 6.07) is 15.3. The van der Waals surface area contributed by atoms with E-state index in [1.807, 2.05) is 30.3 Å². The lowest BCUT2D eigenvalue weighted by molar-refractivity contribution is 0.139. The first-order chi connectivity index (χ1) is 14.4. The Bertz CT molecular complexity index is 1240. The van der Waals surface area contributed by atoms with Crippen LogP contribution in [-0.2, 0) is 11.3 Å². The molecule has 1 N–H and O–H groups in total. The lowest BCUT2D eigenvalue weighted by Crippen LogP contribution is -2.15. The number of anilines is 2. The Hall–Kier alpha value is -3.26. The molecule has 0 spiro atoms. The number of fused-ring (bicyclic) bond motifs is 1. The second-order valence-corrected chi connectivity index (χ2v) is 7.47. The average Bonchev–Trinajstić information content (AvgIpc) is 3.17. The van der Waals surface area contributed by atoms with E-state index < -0.39 is 11.9 Å². The van der Waals surface area contributed by atoms with E-state index in [0.29, 0.717) is 22.3 Å². The quantitative estimate of drug-likeness (QED) is 0.378. The van der Waals surface area contributed by atoms with Crippen LogP contribution in [0.15, 0.2) is 65.3 Å². The molecule has 0 saturated carbocycles. The van der Waals surface area contributed by atoms with E-state index in [0.717, 1.165) is 10.2 Å². The monoisotopic (exact) mass is 471 g/mol. The fourth-order valence-corrected chi connectivity index (χ4v) is 3.42. The van der Waals surface area contributed by atoms with Gasteiger partial charge in [-0.1, -0.05) is 30.3 Å². The summed E-state index contributed by atoms with van der Waals surface area (Å²) in [7, 11) is 0. The normalized spacial score (nSPS) is 10.9. The SMILES string of the molecule is Cc1cc(Nc2cc3cnn(C(=O)OCc4ccccc4)c3c(F)c2Br)ccc1F. The highest BCUT2D eigenvalue weighted by Crippen LogP contribution is 2.34. The van der Waals surface area contributed by atoms with Crippen molar-refractivity contribution in [3.8, 4) is 0 Å². The first kappa shape index (κ1) is 20.0. The Balaban J connectivity index is 1.62. The second kappa shape index (κ2) is 8.23. The van der Waals surface area contributed by atoms with E-state index in [2.05, 4.69) is 26.3 Å². The first-order valence-corrected chi connectivity index (χ1v) is 9.83. The Morgan fingerprint density at radius 1 is 1.17 bits per heavy atom. The molecule has 0 atom stereocenters. The van der Waals surface area contributed by atoms with E-state index in [9.17, 15) is 9.18 Å². The summed E-state index contributed by atoms with van der Waals surface area (Å²) in [4.78, 5) is 12.4. The summed E-state index contributed by atoms with van der Waals surface area (Å²) in [6.45, 7) is 1.69.